The van der Waals surface area contributed by atoms with E-state index in [9.17, 15) is 0 Å². The van der Waals surface area contributed by atoms with E-state index in [1.165, 1.54) is 15.6 Å². The molecule has 0 radical (unpaired) electrons. The largest absolute Gasteiger partial charge is 0.312 e. The predicted octanol–water partition coefficient (Wildman–Crippen LogP) is 3.08. The second-order valence-corrected chi connectivity index (χ2v) is 4.29. The molecule has 0 spiro atoms. The highest BCUT2D eigenvalue weighted by Crippen LogP contribution is 2.26. The zero-order chi connectivity index (χ0) is 8.55. The highest BCUT2D eigenvalue weighted by atomic mass is 79.9. The predicted molar refractivity (Wildman–Crippen MR) is 61.5 cm³/mol. The van der Waals surface area contributed by atoms with Crippen LogP contribution >= 0.6 is 28.3 Å². The van der Waals surface area contributed by atoms with Crippen LogP contribution in [0.4, 0.5) is 0 Å². The first-order chi connectivity index (χ1) is 5.77. The number of hydrogen-bond acceptors (Lipinski definition) is 1. The molecule has 72 valence electrons. The lowest BCUT2D eigenvalue weighted by molar-refractivity contribution is 0.571. The Morgan fingerprint density at radius 3 is 3.00 bits per heavy atom. The van der Waals surface area contributed by atoms with Crippen LogP contribution < -0.4 is 5.32 Å². The van der Waals surface area contributed by atoms with Gasteiger partial charge in [-0.05, 0) is 29.2 Å². The lowest BCUT2D eigenvalue weighted by Crippen LogP contribution is -2.26. The van der Waals surface area contributed by atoms with Crippen molar-refractivity contribution in [2.75, 3.05) is 6.54 Å². The van der Waals surface area contributed by atoms with Crippen molar-refractivity contribution < 1.29 is 0 Å². The van der Waals surface area contributed by atoms with E-state index in [1.54, 1.807) is 0 Å². The third-order valence-electron chi connectivity index (χ3n) is 2.40. The average Bonchev–Trinajstić information content (AvgIpc) is 2.07. The average molecular weight is 263 g/mol. The molecule has 0 saturated heterocycles. The summed E-state index contributed by atoms with van der Waals surface area (Å²) in [5, 5.41) is 3.39. The minimum Gasteiger partial charge on any atom is -0.312 e. The summed E-state index contributed by atoms with van der Waals surface area (Å²) < 4.78 is 1.19. The Morgan fingerprint density at radius 1 is 1.46 bits per heavy atom. The van der Waals surface area contributed by atoms with Crippen molar-refractivity contribution in [1.29, 1.82) is 0 Å². The summed E-state index contributed by atoms with van der Waals surface area (Å²) in [6, 6.07) is 6.54. The van der Waals surface area contributed by atoms with Crippen LogP contribution in [0.15, 0.2) is 22.7 Å². The summed E-state index contributed by atoms with van der Waals surface area (Å²) in [6.07, 6.45) is 0. The molecule has 0 bridgehead atoms. The maximum Gasteiger partial charge on any atom is 0.0208 e. The summed E-state index contributed by atoms with van der Waals surface area (Å²) in [4.78, 5) is 0. The first-order valence-corrected chi connectivity index (χ1v) is 5.05. The van der Waals surface area contributed by atoms with Crippen LogP contribution in [0.1, 0.15) is 24.0 Å². The minimum atomic E-state index is 0. The highest BCUT2D eigenvalue weighted by Gasteiger charge is 2.15. The second-order valence-electron chi connectivity index (χ2n) is 3.38. The van der Waals surface area contributed by atoms with Crippen LogP contribution in [0.3, 0.4) is 0 Å². The number of benzene rings is 1. The van der Waals surface area contributed by atoms with Gasteiger partial charge < -0.3 is 5.32 Å². The van der Waals surface area contributed by atoms with E-state index >= 15 is 0 Å². The molecule has 1 aromatic rings. The maximum atomic E-state index is 3.50. The molecule has 1 aliphatic heterocycles. The topological polar surface area (TPSA) is 12.0 Å². The number of nitrogens with one attached hydrogen (secondary N) is 1. The van der Waals surface area contributed by atoms with E-state index < -0.39 is 0 Å². The number of rotatable bonds is 0. The van der Waals surface area contributed by atoms with Crippen LogP contribution in [0, 0.1) is 0 Å². The molecular weight excluding hydrogens is 249 g/mol. The molecule has 0 amide bonds. The van der Waals surface area contributed by atoms with Crippen molar-refractivity contribution >= 4 is 28.3 Å². The molecule has 1 N–H and O–H groups in total. The smallest absolute Gasteiger partial charge is 0.0208 e. The van der Waals surface area contributed by atoms with Crippen LogP contribution in [0.2, 0.25) is 0 Å². The molecule has 3 heteroatoms. The number of halogens is 2. The maximum absolute atomic E-state index is 3.50. The Kier molecular flexibility index (Phi) is 3.77. The van der Waals surface area contributed by atoms with Gasteiger partial charge in [-0.1, -0.05) is 28.9 Å². The Labute approximate surface area is 93.5 Å². The molecule has 1 aromatic carbocycles. The van der Waals surface area contributed by atoms with Gasteiger partial charge in [0.15, 0.2) is 0 Å². The van der Waals surface area contributed by atoms with Gasteiger partial charge in [0.25, 0.3) is 0 Å². The zero-order valence-corrected chi connectivity index (χ0v) is 9.91. The van der Waals surface area contributed by atoms with Crippen molar-refractivity contribution in [3.8, 4) is 0 Å². The van der Waals surface area contributed by atoms with Gasteiger partial charge in [0.1, 0.15) is 0 Å². The first kappa shape index (κ1) is 11.0. The van der Waals surface area contributed by atoms with Gasteiger partial charge in [-0.3, -0.25) is 0 Å². The minimum absolute atomic E-state index is 0. The Morgan fingerprint density at radius 2 is 2.23 bits per heavy atom. The third kappa shape index (κ3) is 2.25. The molecule has 0 aromatic heterocycles. The van der Waals surface area contributed by atoms with Gasteiger partial charge in [-0.15, -0.1) is 12.4 Å². The van der Waals surface area contributed by atoms with Gasteiger partial charge in [0, 0.05) is 17.6 Å². The molecule has 1 unspecified atom stereocenters. The van der Waals surface area contributed by atoms with Crippen molar-refractivity contribution in [1.82, 2.24) is 5.32 Å². The molecule has 0 fully saturated rings. The van der Waals surface area contributed by atoms with Gasteiger partial charge in [-0.2, -0.15) is 0 Å². The molecular formula is C10H13BrClN. The summed E-state index contributed by atoms with van der Waals surface area (Å²) in [5.74, 6) is 0.645. The van der Waals surface area contributed by atoms with Crippen molar-refractivity contribution in [3.63, 3.8) is 0 Å². The molecule has 2 rings (SSSR count). The fraction of sp³-hybridized carbons (Fsp3) is 0.400. The van der Waals surface area contributed by atoms with Gasteiger partial charge in [-0.25, -0.2) is 0 Å². The van der Waals surface area contributed by atoms with Crippen LogP contribution in [-0.4, -0.2) is 6.54 Å². The lowest BCUT2D eigenvalue weighted by Gasteiger charge is -2.23. The molecule has 1 atom stereocenters. The second kappa shape index (κ2) is 4.45. The molecule has 1 aliphatic rings. The van der Waals surface area contributed by atoms with Crippen LogP contribution in [0.25, 0.3) is 0 Å². The normalized spacial score (nSPS) is 20.3. The summed E-state index contributed by atoms with van der Waals surface area (Å²) in [7, 11) is 0. The van der Waals surface area contributed by atoms with Crippen molar-refractivity contribution in [3.05, 3.63) is 33.8 Å². The van der Waals surface area contributed by atoms with Gasteiger partial charge >= 0.3 is 0 Å². The molecule has 13 heavy (non-hydrogen) atoms. The monoisotopic (exact) mass is 261 g/mol. The summed E-state index contributed by atoms with van der Waals surface area (Å²) >= 11 is 3.50. The summed E-state index contributed by atoms with van der Waals surface area (Å²) in [6.45, 7) is 4.38. The van der Waals surface area contributed by atoms with E-state index in [-0.39, 0.29) is 12.4 Å². The molecule has 0 aliphatic carbocycles. The standard InChI is InChI=1S/C10H12BrN.ClH/c1-7-5-12-6-8-2-3-9(11)4-10(7)8;/h2-4,7,12H,5-6H2,1H3;1H. The van der Waals surface area contributed by atoms with E-state index in [1.807, 2.05) is 0 Å². The van der Waals surface area contributed by atoms with E-state index in [2.05, 4.69) is 46.4 Å². The van der Waals surface area contributed by atoms with E-state index in [4.69, 9.17) is 0 Å². The number of hydrogen-bond donors (Lipinski definition) is 1. The molecule has 0 saturated carbocycles. The fourth-order valence-corrected chi connectivity index (χ4v) is 2.10. The summed E-state index contributed by atoms with van der Waals surface area (Å²) in [5.41, 5.74) is 2.93. The Bertz CT molecular complexity index is 301. The zero-order valence-electron chi connectivity index (χ0n) is 7.51. The van der Waals surface area contributed by atoms with E-state index in [0.29, 0.717) is 5.92 Å². The highest BCUT2D eigenvalue weighted by molar-refractivity contribution is 9.10. The van der Waals surface area contributed by atoms with Crippen molar-refractivity contribution in [2.45, 2.75) is 19.4 Å². The molecule has 1 nitrogen and oxygen atoms in total. The van der Waals surface area contributed by atoms with E-state index in [0.717, 1.165) is 13.1 Å². The van der Waals surface area contributed by atoms with Gasteiger partial charge in [0.2, 0.25) is 0 Å². The van der Waals surface area contributed by atoms with Crippen molar-refractivity contribution in [2.24, 2.45) is 0 Å². The van der Waals surface area contributed by atoms with Crippen LogP contribution in [-0.2, 0) is 6.54 Å². The van der Waals surface area contributed by atoms with Gasteiger partial charge in [0.05, 0.1) is 0 Å². The first-order valence-electron chi connectivity index (χ1n) is 4.26. The Balaban J connectivity index is 0.000000845. The number of fused-ring (bicyclic) bond motifs is 1. The Hall–Kier alpha value is -0.0500. The quantitative estimate of drug-likeness (QED) is 0.758. The lowest BCUT2D eigenvalue weighted by atomic mass is 9.93. The fourth-order valence-electron chi connectivity index (χ4n) is 1.72. The SMILES string of the molecule is CC1CNCc2ccc(Br)cc21.Cl. The van der Waals surface area contributed by atoms with Crippen LogP contribution in [0.5, 0.6) is 0 Å². The molecule has 1 heterocycles. The third-order valence-corrected chi connectivity index (χ3v) is 2.90.